The average molecular weight is 473 g/mol. The van der Waals surface area contributed by atoms with Crippen molar-refractivity contribution in [2.75, 3.05) is 11.6 Å². The van der Waals surface area contributed by atoms with Crippen molar-refractivity contribution in [2.45, 2.75) is 26.4 Å². The standard InChI is InChI=1S/C21H21FN6O4S/c1-21(2,3)32-20(29)27-12-14(10-25-27)16-7-13-9-23-19(8-17(13)28(16)33(4,30)31)26-18-6-5-15(22)11-24-18/h5-12H,1-4H3,(H,23,24,26). The summed E-state index contributed by atoms with van der Waals surface area (Å²) in [7, 11) is -3.76. The van der Waals surface area contributed by atoms with Crippen LogP contribution in [-0.4, -0.2) is 50.1 Å². The number of anilines is 2. The minimum atomic E-state index is -3.76. The molecule has 1 N–H and O–H groups in total. The topological polar surface area (TPSA) is 121 Å². The van der Waals surface area contributed by atoms with Crippen molar-refractivity contribution in [3.8, 4) is 11.3 Å². The molecule has 0 spiro atoms. The molecule has 33 heavy (non-hydrogen) atoms. The first-order valence-corrected chi connectivity index (χ1v) is 11.6. The van der Waals surface area contributed by atoms with E-state index in [1.165, 1.54) is 30.7 Å². The highest BCUT2D eigenvalue weighted by Gasteiger charge is 2.22. The van der Waals surface area contributed by atoms with Gasteiger partial charge in [-0.1, -0.05) is 0 Å². The molecule has 0 amide bonds. The lowest BCUT2D eigenvalue weighted by atomic mass is 10.2. The number of carbonyl (C=O) groups is 1. The van der Waals surface area contributed by atoms with Gasteiger partial charge in [0.1, 0.15) is 23.1 Å². The molecular formula is C21H21FN6O4S. The van der Waals surface area contributed by atoms with Crippen molar-refractivity contribution < 1.29 is 22.3 Å². The second-order valence-corrected chi connectivity index (χ2v) is 10.2. The zero-order valence-corrected chi connectivity index (χ0v) is 19.1. The van der Waals surface area contributed by atoms with E-state index >= 15 is 0 Å². The van der Waals surface area contributed by atoms with Crippen molar-refractivity contribution in [3.05, 3.63) is 54.9 Å². The first-order valence-electron chi connectivity index (χ1n) is 9.80. The van der Waals surface area contributed by atoms with E-state index < -0.39 is 27.5 Å². The molecule has 4 aromatic rings. The van der Waals surface area contributed by atoms with Crippen LogP contribution in [0.25, 0.3) is 22.2 Å². The lowest BCUT2D eigenvalue weighted by Gasteiger charge is -2.18. The summed E-state index contributed by atoms with van der Waals surface area (Å²) in [4.78, 5) is 20.5. The first-order chi connectivity index (χ1) is 15.4. The fourth-order valence-corrected chi connectivity index (χ4v) is 4.18. The molecular weight excluding hydrogens is 451 g/mol. The number of carbonyl (C=O) groups excluding carboxylic acids is 1. The zero-order chi connectivity index (χ0) is 24.0. The summed E-state index contributed by atoms with van der Waals surface area (Å²) in [5.74, 6) is 0.187. The van der Waals surface area contributed by atoms with Gasteiger partial charge >= 0.3 is 6.09 Å². The molecule has 0 radical (unpaired) electrons. The molecule has 0 aliphatic rings. The number of nitrogens with zero attached hydrogens (tertiary/aromatic N) is 5. The van der Waals surface area contributed by atoms with Gasteiger partial charge in [0.2, 0.25) is 10.0 Å². The Kier molecular flexibility index (Phi) is 5.40. The molecule has 0 aliphatic carbocycles. The van der Waals surface area contributed by atoms with Crippen molar-refractivity contribution in [1.29, 1.82) is 0 Å². The van der Waals surface area contributed by atoms with Gasteiger partial charge in [-0.25, -0.2) is 31.5 Å². The molecule has 0 fully saturated rings. The van der Waals surface area contributed by atoms with Gasteiger partial charge in [0, 0.05) is 29.4 Å². The van der Waals surface area contributed by atoms with Crippen LogP contribution in [0, 0.1) is 5.82 Å². The summed E-state index contributed by atoms with van der Waals surface area (Å²) in [6.45, 7) is 5.20. The predicted octanol–water partition coefficient (Wildman–Crippen LogP) is 3.77. The van der Waals surface area contributed by atoms with Gasteiger partial charge in [-0.3, -0.25) is 0 Å². The Balaban J connectivity index is 1.76. The zero-order valence-electron chi connectivity index (χ0n) is 18.3. The number of rotatable bonds is 4. The number of hydrogen-bond donors (Lipinski definition) is 1. The van der Waals surface area contributed by atoms with Crippen LogP contribution < -0.4 is 5.32 Å². The highest BCUT2D eigenvalue weighted by atomic mass is 32.2. The summed E-state index contributed by atoms with van der Waals surface area (Å²) in [5, 5.41) is 7.49. The third-order valence-corrected chi connectivity index (χ3v) is 5.47. The molecule has 4 rings (SSSR count). The van der Waals surface area contributed by atoms with Crippen LogP contribution in [0.5, 0.6) is 0 Å². The Bertz CT molecular complexity index is 1450. The lowest BCUT2D eigenvalue weighted by molar-refractivity contribution is 0.0514. The van der Waals surface area contributed by atoms with Crippen LogP contribution in [0.3, 0.4) is 0 Å². The highest BCUT2D eigenvalue weighted by Crippen LogP contribution is 2.31. The fraction of sp³-hybridized carbons (Fsp3) is 0.238. The van der Waals surface area contributed by atoms with E-state index in [0.29, 0.717) is 33.8 Å². The molecule has 4 heterocycles. The van der Waals surface area contributed by atoms with Gasteiger partial charge in [-0.2, -0.15) is 9.78 Å². The second kappa shape index (κ2) is 7.96. The lowest BCUT2D eigenvalue weighted by Crippen LogP contribution is -2.27. The molecule has 0 atom stereocenters. The average Bonchev–Trinajstić information content (AvgIpc) is 3.32. The highest BCUT2D eigenvalue weighted by molar-refractivity contribution is 7.89. The van der Waals surface area contributed by atoms with Crippen LogP contribution in [-0.2, 0) is 14.8 Å². The third kappa shape index (κ3) is 4.85. The Labute approximate surface area is 189 Å². The number of pyridine rings is 2. The van der Waals surface area contributed by atoms with Gasteiger partial charge in [0.05, 0.1) is 29.9 Å². The maximum Gasteiger partial charge on any atom is 0.435 e. The number of ether oxygens (including phenoxy) is 1. The maximum absolute atomic E-state index is 13.1. The number of fused-ring (bicyclic) bond motifs is 1. The van der Waals surface area contributed by atoms with E-state index in [4.69, 9.17) is 4.74 Å². The van der Waals surface area contributed by atoms with E-state index in [-0.39, 0.29) is 0 Å². The largest absolute Gasteiger partial charge is 0.442 e. The minimum Gasteiger partial charge on any atom is -0.442 e. The molecule has 0 bridgehead atoms. The predicted molar refractivity (Wildman–Crippen MR) is 120 cm³/mol. The quantitative estimate of drug-likeness (QED) is 0.476. The summed E-state index contributed by atoms with van der Waals surface area (Å²) in [6, 6.07) is 5.86. The summed E-state index contributed by atoms with van der Waals surface area (Å²) >= 11 is 0. The Morgan fingerprint density at radius 1 is 1.09 bits per heavy atom. The van der Waals surface area contributed by atoms with Crippen molar-refractivity contribution in [2.24, 2.45) is 0 Å². The van der Waals surface area contributed by atoms with E-state index in [2.05, 4.69) is 20.4 Å². The summed E-state index contributed by atoms with van der Waals surface area (Å²) < 4.78 is 45.9. The van der Waals surface area contributed by atoms with Gasteiger partial charge in [-0.15, -0.1) is 0 Å². The van der Waals surface area contributed by atoms with Crippen molar-refractivity contribution in [1.82, 2.24) is 23.7 Å². The van der Waals surface area contributed by atoms with Crippen LogP contribution in [0.15, 0.2) is 49.1 Å². The molecule has 0 aromatic carbocycles. The number of nitrogens with one attached hydrogen (secondary N) is 1. The van der Waals surface area contributed by atoms with E-state index in [9.17, 15) is 17.6 Å². The van der Waals surface area contributed by atoms with E-state index in [1.54, 1.807) is 32.9 Å². The Morgan fingerprint density at radius 2 is 1.82 bits per heavy atom. The van der Waals surface area contributed by atoms with Crippen LogP contribution in [0.2, 0.25) is 0 Å². The van der Waals surface area contributed by atoms with E-state index in [0.717, 1.165) is 21.1 Å². The molecule has 4 aromatic heterocycles. The Morgan fingerprint density at radius 3 is 2.45 bits per heavy atom. The van der Waals surface area contributed by atoms with Crippen LogP contribution in [0.4, 0.5) is 20.8 Å². The number of halogens is 1. The number of aromatic nitrogens is 5. The van der Waals surface area contributed by atoms with Gasteiger partial charge < -0.3 is 10.1 Å². The molecule has 0 aliphatic heterocycles. The number of hydrogen-bond acceptors (Lipinski definition) is 8. The van der Waals surface area contributed by atoms with Gasteiger partial charge in [0.25, 0.3) is 0 Å². The van der Waals surface area contributed by atoms with E-state index in [1.807, 2.05) is 0 Å². The van der Waals surface area contributed by atoms with Crippen LogP contribution >= 0.6 is 0 Å². The smallest absolute Gasteiger partial charge is 0.435 e. The first kappa shape index (κ1) is 22.4. The molecule has 12 heteroatoms. The summed E-state index contributed by atoms with van der Waals surface area (Å²) in [5.41, 5.74) is 0.356. The third-order valence-electron chi connectivity index (χ3n) is 4.42. The van der Waals surface area contributed by atoms with Crippen molar-refractivity contribution >= 4 is 38.7 Å². The molecule has 10 nitrogen and oxygen atoms in total. The SMILES string of the molecule is CC(C)(C)OC(=O)n1cc(-c2cc3cnc(Nc4ccc(F)cn4)cc3n2S(C)(=O)=O)cn1. The van der Waals surface area contributed by atoms with Crippen molar-refractivity contribution in [3.63, 3.8) is 0 Å². The Hall–Kier alpha value is -3.80. The summed E-state index contributed by atoms with van der Waals surface area (Å²) in [6.07, 6.45) is 5.73. The molecule has 172 valence electrons. The maximum atomic E-state index is 13.1. The van der Waals surface area contributed by atoms with Crippen LogP contribution in [0.1, 0.15) is 20.8 Å². The molecule has 0 saturated carbocycles. The normalized spacial score (nSPS) is 12.2. The van der Waals surface area contributed by atoms with Gasteiger partial charge in [-0.05, 0) is 39.0 Å². The monoisotopic (exact) mass is 472 g/mol. The fourth-order valence-electron chi connectivity index (χ4n) is 3.15. The molecule has 0 saturated heterocycles. The molecule has 0 unspecified atom stereocenters. The second-order valence-electron chi connectivity index (χ2n) is 8.33. The minimum absolute atomic E-state index is 0.307. The van der Waals surface area contributed by atoms with Gasteiger partial charge in [0.15, 0.2) is 0 Å².